The number of carbonyl (C=O) groups excluding carboxylic acids is 2. The van der Waals surface area contributed by atoms with Gasteiger partial charge in [-0.1, -0.05) is 69.2 Å². The van der Waals surface area contributed by atoms with E-state index in [0.29, 0.717) is 23.7 Å². The maximum atomic E-state index is 12.2. The summed E-state index contributed by atoms with van der Waals surface area (Å²) >= 11 is 0. The first kappa shape index (κ1) is 31.1. The Labute approximate surface area is 189 Å². The third-order valence-electron chi connectivity index (χ3n) is 5.28. The van der Waals surface area contributed by atoms with Crippen LogP contribution in [-0.4, -0.2) is 49.8 Å². The second kappa shape index (κ2) is 13.4. The van der Waals surface area contributed by atoms with Crippen molar-refractivity contribution in [1.82, 2.24) is 9.80 Å². The number of rotatable bonds is 10. The van der Waals surface area contributed by atoms with Crippen molar-refractivity contribution >= 4 is 11.8 Å². The molecule has 0 spiro atoms. The number of amides is 2. The van der Waals surface area contributed by atoms with Gasteiger partial charge in [-0.05, 0) is 49.4 Å². The highest BCUT2D eigenvalue weighted by atomic mass is 16.2. The normalized spacial score (nSPS) is 12.3. The molecular weight excluding hydrogens is 372 g/mol. The molecule has 0 bridgehead atoms. The maximum Gasteiger partial charge on any atom is 0.228 e. The van der Waals surface area contributed by atoms with Gasteiger partial charge in [0.25, 0.3) is 0 Å². The molecule has 0 aromatic rings. The van der Waals surface area contributed by atoms with E-state index >= 15 is 0 Å². The van der Waals surface area contributed by atoms with Crippen LogP contribution < -0.4 is 0 Å². The average Bonchev–Trinajstić information content (AvgIpc) is 2.50. The van der Waals surface area contributed by atoms with Crippen molar-refractivity contribution in [3.63, 3.8) is 0 Å². The van der Waals surface area contributed by atoms with Gasteiger partial charge in [0.05, 0.1) is 0 Å². The summed E-state index contributed by atoms with van der Waals surface area (Å²) in [5, 5.41) is 0. The summed E-state index contributed by atoms with van der Waals surface area (Å²) in [6.45, 7) is 21.7. The van der Waals surface area contributed by atoms with E-state index in [1.165, 1.54) is 0 Å². The standard InChI is InChI=1S/2C13H27NO/c2*1-10(2)8-13(5,9-11(3)4)12(15)14(6)7/h2*10-11H,8-9H2,1-7H3. The Morgan fingerprint density at radius 1 is 0.533 bits per heavy atom. The van der Waals surface area contributed by atoms with Gasteiger partial charge < -0.3 is 9.80 Å². The third kappa shape index (κ3) is 12.0. The summed E-state index contributed by atoms with van der Waals surface area (Å²) in [7, 11) is 7.39. The number of carbonyl (C=O) groups is 2. The molecule has 0 aliphatic heterocycles. The quantitative estimate of drug-likeness (QED) is 0.408. The Hall–Kier alpha value is -1.06. The predicted molar refractivity (Wildman–Crippen MR) is 131 cm³/mol. The molecule has 180 valence electrons. The minimum atomic E-state index is -0.189. The van der Waals surface area contributed by atoms with Crippen LogP contribution in [0.25, 0.3) is 0 Å². The fourth-order valence-corrected chi connectivity index (χ4v) is 5.20. The molecule has 0 unspecified atom stereocenters. The summed E-state index contributed by atoms with van der Waals surface area (Å²) in [4.78, 5) is 27.8. The molecule has 0 fully saturated rings. The topological polar surface area (TPSA) is 40.6 Å². The van der Waals surface area contributed by atoms with E-state index in [1.54, 1.807) is 9.80 Å². The van der Waals surface area contributed by atoms with Gasteiger partial charge in [-0.2, -0.15) is 0 Å². The molecule has 2 amide bonds. The fourth-order valence-electron chi connectivity index (χ4n) is 5.20. The van der Waals surface area contributed by atoms with Gasteiger partial charge in [-0.15, -0.1) is 0 Å². The molecule has 4 nitrogen and oxygen atoms in total. The molecular formula is C26H54N2O2. The second-order valence-electron chi connectivity index (χ2n) is 11.9. The smallest absolute Gasteiger partial charge is 0.228 e. The molecule has 0 aromatic heterocycles. The van der Waals surface area contributed by atoms with Crippen LogP contribution in [0.1, 0.15) is 94.9 Å². The van der Waals surface area contributed by atoms with Crippen LogP contribution in [0, 0.1) is 34.5 Å². The van der Waals surface area contributed by atoms with Crippen LogP contribution in [0.2, 0.25) is 0 Å². The Morgan fingerprint density at radius 3 is 0.800 bits per heavy atom. The van der Waals surface area contributed by atoms with E-state index < -0.39 is 0 Å². The van der Waals surface area contributed by atoms with E-state index in [-0.39, 0.29) is 22.6 Å². The molecule has 4 heteroatoms. The van der Waals surface area contributed by atoms with Crippen LogP contribution in [0.3, 0.4) is 0 Å². The van der Waals surface area contributed by atoms with E-state index in [2.05, 4.69) is 69.2 Å². The number of nitrogens with zero attached hydrogens (tertiary/aromatic N) is 2. The number of hydrogen-bond acceptors (Lipinski definition) is 2. The summed E-state index contributed by atoms with van der Waals surface area (Å²) in [6, 6.07) is 0. The van der Waals surface area contributed by atoms with Crippen LogP contribution in [0.5, 0.6) is 0 Å². The lowest BCUT2D eigenvalue weighted by Crippen LogP contribution is -2.40. The Kier molecular flexibility index (Phi) is 13.9. The van der Waals surface area contributed by atoms with Crippen molar-refractivity contribution < 1.29 is 9.59 Å². The molecule has 0 heterocycles. The van der Waals surface area contributed by atoms with Crippen molar-refractivity contribution in [3.8, 4) is 0 Å². The monoisotopic (exact) mass is 426 g/mol. The van der Waals surface area contributed by atoms with E-state index in [0.717, 1.165) is 25.7 Å². The Balaban J connectivity index is 0. The lowest BCUT2D eigenvalue weighted by molar-refractivity contribution is -0.141. The van der Waals surface area contributed by atoms with Gasteiger partial charge >= 0.3 is 0 Å². The first-order valence-corrected chi connectivity index (χ1v) is 11.8. The first-order chi connectivity index (χ1) is 13.4. The summed E-state index contributed by atoms with van der Waals surface area (Å²) in [5.41, 5.74) is -0.377. The lowest BCUT2D eigenvalue weighted by atomic mass is 9.75. The zero-order chi connectivity index (χ0) is 24.4. The van der Waals surface area contributed by atoms with Crippen molar-refractivity contribution in [1.29, 1.82) is 0 Å². The minimum Gasteiger partial charge on any atom is -0.348 e. The fraction of sp³-hybridized carbons (Fsp3) is 0.923. The minimum absolute atomic E-state index is 0.189. The molecule has 0 aliphatic rings. The highest BCUT2D eigenvalue weighted by Crippen LogP contribution is 2.35. The second-order valence-corrected chi connectivity index (χ2v) is 11.9. The molecule has 0 aromatic carbocycles. The van der Waals surface area contributed by atoms with Crippen LogP contribution in [0.15, 0.2) is 0 Å². The molecule has 0 aliphatic carbocycles. The molecule has 0 N–H and O–H groups in total. The van der Waals surface area contributed by atoms with Crippen molar-refractivity contribution in [3.05, 3.63) is 0 Å². The lowest BCUT2D eigenvalue weighted by Gasteiger charge is -2.34. The largest absolute Gasteiger partial charge is 0.348 e. The SMILES string of the molecule is CC(C)CC(C)(CC(C)C)C(=O)N(C)C.CC(C)CC(C)(CC(C)C)C(=O)N(C)C. The molecule has 0 saturated heterocycles. The number of hydrogen-bond donors (Lipinski definition) is 0. The van der Waals surface area contributed by atoms with Gasteiger partial charge in [0.1, 0.15) is 0 Å². The Morgan fingerprint density at radius 2 is 0.700 bits per heavy atom. The van der Waals surface area contributed by atoms with E-state index in [4.69, 9.17) is 0 Å². The molecule has 0 rings (SSSR count). The Bertz CT molecular complexity index is 439. The van der Waals surface area contributed by atoms with Gasteiger partial charge in [0, 0.05) is 39.0 Å². The van der Waals surface area contributed by atoms with Crippen LogP contribution in [0.4, 0.5) is 0 Å². The molecule has 0 atom stereocenters. The average molecular weight is 427 g/mol. The van der Waals surface area contributed by atoms with Gasteiger partial charge in [0.15, 0.2) is 0 Å². The molecule has 30 heavy (non-hydrogen) atoms. The highest BCUT2D eigenvalue weighted by molar-refractivity contribution is 5.82. The zero-order valence-electron chi connectivity index (χ0n) is 22.8. The summed E-state index contributed by atoms with van der Waals surface area (Å²) < 4.78 is 0. The first-order valence-electron chi connectivity index (χ1n) is 11.8. The summed E-state index contributed by atoms with van der Waals surface area (Å²) in [6.07, 6.45) is 3.90. The van der Waals surface area contributed by atoms with Crippen molar-refractivity contribution in [2.24, 2.45) is 34.5 Å². The van der Waals surface area contributed by atoms with Gasteiger partial charge in [-0.3, -0.25) is 9.59 Å². The van der Waals surface area contributed by atoms with E-state index in [9.17, 15) is 9.59 Å². The van der Waals surface area contributed by atoms with Crippen LogP contribution >= 0.6 is 0 Å². The van der Waals surface area contributed by atoms with E-state index in [1.807, 2.05) is 28.2 Å². The van der Waals surface area contributed by atoms with Gasteiger partial charge in [-0.25, -0.2) is 0 Å². The maximum absolute atomic E-state index is 12.2. The predicted octanol–water partition coefficient (Wildman–Crippen LogP) is 6.35. The molecule has 0 saturated carbocycles. The summed E-state index contributed by atoms with van der Waals surface area (Å²) in [5.74, 6) is 2.81. The van der Waals surface area contributed by atoms with Gasteiger partial charge in [0.2, 0.25) is 11.8 Å². The zero-order valence-corrected chi connectivity index (χ0v) is 22.8. The van der Waals surface area contributed by atoms with Crippen LogP contribution in [-0.2, 0) is 9.59 Å². The highest BCUT2D eigenvalue weighted by Gasteiger charge is 2.36. The van der Waals surface area contributed by atoms with Crippen molar-refractivity contribution in [2.45, 2.75) is 94.9 Å². The molecule has 0 radical (unpaired) electrons. The van der Waals surface area contributed by atoms with Crippen molar-refractivity contribution in [2.75, 3.05) is 28.2 Å². The third-order valence-corrected chi connectivity index (χ3v) is 5.28.